The van der Waals surface area contributed by atoms with Crippen molar-refractivity contribution in [3.63, 3.8) is 0 Å². The Balaban J connectivity index is 1.76. The molecule has 1 aliphatic heterocycles. The number of carbonyl (C=O) groups is 1. The van der Waals surface area contributed by atoms with Crippen LogP contribution in [0.15, 0.2) is 6.07 Å². The second-order valence-electron chi connectivity index (χ2n) is 11.2. The number of carboxylic acid groups (broad SMARTS) is 1. The van der Waals surface area contributed by atoms with Gasteiger partial charge in [0.05, 0.1) is 17.0 Å². The second kappa shape index (κ2) is 9.28. The Kier molecular flexibility index (Phi) is 6.83. The van der Waals surface area contributed by atoms with Gasteiger partial charge in [-0.1, -0.05) is 27.7 Å². The molecule has 0 aromatic carbocycles. The maximum absolute atomic E-state index is 13.2. The number of aliphatic carboxylic acids is 1. The Morgan fingerprint density at radius 1 is 1.17 bits per heavy atom. The minimum atomic E-state index is -4.14. The number of hydrogen-bond acceptors (Lipinski definition) is 4. The molecule has 1 atom stereocenters. The Hall–Kier alpha value is -2.32. The molecule has 1 saturated carbocycles. The standard InChI is InChI=1S/C26H37F3N4O2/c1-15(2)22-17(5)30-21-13-20(18-7-9-19(10-8-18)26(27,28)29)31-33(21)23(22)32-12-6-11-25(14-32,16(3)4)24(34)35/h13,15-16,18-19H,6-12,14H2,1-5H3,(H,34,35). The van der Waals surface area contributed by atoms with Crippen LogP contribution in [0, 0.1) is 24.2 Å². The SMILES string of the molecule is Cc1nc2cc(C3CCC(C(F)(F)F)CC3)nn2c(N2CCCC(C(=O)O)(C(C)C)C2)c1C(C)C. The zero-order chi connectivity index (χ0) is 25.7. The lowest BCUT2D eigenvalue weighted by atomic mass is 9.71. The molecule has 2 aromatic heterocycles. The van der Waals surface area contributed by atoms with Crippen LogP contribution in [0.3, 0.4) is 0 Å². The van der Waals surface area contributed by atoms with Crippen molar-refractivity contribution >= 4 is 17.4 Å². The Morgan fingerprint density at radius 3 is 2.37 bits per heavy atom. The molecule has 1 saturated heterocycles. The molecule has 0 bridgehead atoms. The second-order valence-corrected chi connectivity index (χ2v) is 11.2. The number of alkyl halides is 3. The van der Waals surface area contributed by atoms with E-state index >= 15 is 0 Å². The summed E-state index contributed by atoms with van der Waals surface area (Å²) < 4.78 is 41.3. The number of anilines is 1. The molecule has 0 radical (unpaired) electrons. The molecule has 1 aliphatic carbocycles. The van der Waals surface area contributed by atoms with Gasteiger partial charge in [0.15, 0.2) is 5.65 Å². The average Bonchev–Trinajstić information content (AvgIpc) is 3.20. The van der Waals surface area contributed by atoms with Gasteiger partial charge in [0.25, 0.3) is 0 Å². The lowest BCUT2D eigenvalue weighted by molar-refractivity contribution is -0.182. The van der Waals surface area contributed by atoms with Gasteiger partial charge < -0.3 is 10.0 Å². The first-order valence-corrected chi connectivity index (χ1v) is 12.8. The van der Waals surface area contributed by atoms with Crippen molar-refractivity contribution in [3.05, 3.63) is 23.0 Å². The summed E-state index contributed by atoms with van der Waals surface area (Å²) in [6.07, 6.45) is -1.57. The van der Waals surface area contributed by atoms with Crippen molar-refractivity contribution in [3.8, 4) is 0 Å². The maximum atomic E-state index is 13.2. The molecule has 2 aliphatic rings. The van der Waals surface area contributed by atoms with Crippen LogP contribution in [0.1, 0.15) is 95.0 Å². The fourth-order valence-electron chi connectivity index (χ4n) is 6.19. The third-order valence-corrected chi connectivity index (χ3v) is 8.36. The van der Waals surface area contributed by atoms with Crippen LogP contribution in [0.4, 0.5) is 19.0 Å². The van der Waals surface area contributed by atoms with Crippen LogP contribution in [0.5, 0.6) is 0 Å². The van der Waals surface area contributed by atoms with Gasteiger partial charge in [0, 0.05) is 36.3 Å². The zero-order valence-corrected chi connectivity index (χ0v) is 21.3. The molecule has 2 fully saturated rings. The lowest BCUT2D eigenvalue weighted by Gasteiger charge is -2.44. The Morgan fingerprint density at radius 2 is 1.83 bits per heavy atom. The van der Waals surface area contributed by atoms with Crippen LogP contribution < -0.4 is 4.90 Å². The highest BCUT2D eigenvalue weighted by molar-refractivity contribution is 5.76. The fourth-order valence-corrected chi connectivity index (χ4v) is 6.19. The van der Waals surface area contributed by atoms with Gasteiger partial charge in [-0.25, -0.2) is 4.98 Å². The molecule has 1 N–H and O–H groups in total. The van der Waals surface area contributed by atoms with Crippen molar-refractivity contribution < 1.29 is 23.1 Å². The molecule has 1 unspecified atom stereocenters. The number of hydrogen-bond donors (Lipinski definition) is 1. The largest absolute Gasteiger partial charge is 0.481 e. The summed E-state index contributed by atoms with van der Waals surface area (Å²) >= 11 is 0. The molecule has 6 nitrogen and oxygen atoms in total. The molecule has 194 valence electrons. The van der Waals surface area contributed by atoms with Crippen LogP contribution in [-0.4, -0.2) is 44.9 Å². The molecule has 4 rings (SSSR count). The van der Waals surface area contributed by atoms with Crippen LogP contribution in [0.25, 0.3) is 5.65 Å². The summed E-state index contributed by atoms with van der Waals surface area (Å²) in [7, 11) is 0. The van der Waals surface area contributed by atoms with Crippen molar-refractivity contribution in [2.75, 3.05) is 18.0 Å². The van der Waals surface area contributed by atoms with Crippen LogP contribution in [-0.2, 0) is 4.79 Å². The summed E-state index contributed by atoms with van der Waals surface area (Å²) in [5.74, 6) is -1.02. The molecule has 9 heteroatoms. The fraction of sp³-hybridized carbons (Fsp3) is 0.731. The highest BCUT2D eigenvalue weighted by Gasteiger charge is 2.46. The zero-order valence-electron chi connectivity index (χ0n) is 21.3. The third-order valence-electron chi connectivity index (χ3n) is 8.36. The van der Waals surface area contributed by atoms with Gasteiger partial charge in [0.2, 0.25) is 0 Å². The number of piperidine rings is 1. The van der Waals surface area contributed by atoms with Gasteiger partial charge in [-0.15, -0.1) is 0 Å². The highest BCUT2D eigenvalue weighted by atomic mass is 19.4. The predicted octanol–water partition coefficient (Wildman–Crippen LogP) is 6.32. The first-order chi connectivity index (χ1) is 16.3. The van der Waals surface area contributed by atoms with E-state index in [1.165, 1.54) is 0 Å². The van der Waals surface area contributed by atoms with E-state index < -0.39 is 23.5 Å². The van der Waals surface area contributed by atoms with E-state index in [0.717, 1.165) is 35.7 Å². The lowest BCUT2D eigenvalue weighted by Crippen LogP contribution is -2.51. The number of carboxylic acids is 1. The topological polar surface area (TPSA) is 70.7 Å². The van der Waals surface area contributed by atoms with E-state index in [2.05, 4.69) is 18.7 Å². The molecule has 2 aromatic rings. The molecular formula is C26H37F3N4O2. The number of rotatable bonds is 5. The number of halogens is 3. The Bertz CT molecular complexity index is 1090. The number of fused-ring (bicyclic) bond motifs is 1. The van der Waals surface area contributed by atoms with Gasteiger partial charge in [-0.2, -0.15) is 22.8 Å². The van der Waals surface area contributed by atoms with E-state index in [9.17, 15) is 23.1 Å². The minimum absolute atomic E-state index is 0.0268. The van der Waals surface area contributed by atoms with Crippen LogP contribution >= 0.6 is 0 Å². The van der Waals surface area contributed by atoms with Crippen molar-refractivity contribution in [2.24, 2.45) is 17.3 Å². The summed E-state index contributed by atoms with van der Waals surface area (Å²) in [5, 5.41) is 15.1. The molecular weight excluding hydrogens is 457 g/mol. The van der Waals surface area contributed by atoms with Crippen molar-refractivity contribution in [2.45, 2.75) is 91.2 Å². The van der Waals surface area contributed by atoms with Gasteiger partial charge in [0.1, 0.15) is 5.82 Å². The average molecular weight is 495 g/mol. The smallest absolute Gasteiger partial charge is 0.391 e. The molecule has 0 spiro atoms. The van der Waals surface area contributed by atoms with Crippen LogP contribution in [0.2, 0.25) is 0 Å². The summed E-state index contributed by atoms with van der Waals surface area (Å²) in [4.78, 5) is 19.4. The quantitative estimate of drug-likeness (QED) is 0.526. The van der Waals surface area contributed by atoms with E-state index in [0.29, 0.717) is 31.5 Å². The molecule has 35 heavy (non-hydrogen) atoms. The van der Waals surface area contributed by atoms with Crippen molar-refractivity contribution in [1.29, 1.82) is 0 Å². The highest BCUT2D eigenvalue weighted by Crippen LogP contribution is 2.44. The van der Waals surface area contributed by atoms with Gasteiger partial charge in [-0.05, 0) is 57.3 Å². The molecule has 0 amide bonds. The van der Waals surface area contributed by atoms with E-state index in [-0.39, 0.29) is 30.6 Å². The predicted molar refractivity (Wildman–Crippen MR) is 129 cm³/mol. The first kappa shape index (κ1) is 25.8. The summed E-state index contributed by atoms with van der Waals surface area (Å²) in [5.41, 5.74) is 2.53. The van der Waals surface area contributed by atoms with E-state index in [1.807, 2.05) is 31.4 Å². The Labute approximate surface area is 204 Å². The normalized spacial score (nSPS) is 26.2. The maximum Gasteiger partial charge on any atom is 0.391 e. The minimum Gasteiger partial charge on any atom is -0.481 e. The monoisotopic (exact) mass is 494 g/mol. The summed E-state index contributed by atoms with van der Waals surface area (Å²) in [6.45, 7) is 11.2. The van der Waals surface area contributed by atoms with E-state index in [1.54, 1.807) is 0 Å². The van der Waals surface area contributed by atoms with Gasteiger partial charge in [-0.3, -0.25) is 4.79 Å². The first-order valence-electron chi connectivity index (χ1n) is 12.8. The van der Waals surface area contributed by atoms with E-state index in [4.69, 9.17) is 10.1 Å². The van der Waals surface area contributed by atoms with Gasteiger partial charge >= 0.3 is 12.1 Å². The molecule has 3 heterocycles. The number of aryl methyl sites for hydroxylation is 1. The third kappa shape index (κ3) is 4.62. The summed E-state index contributed by atoms with van der Waals surface area (Å²) in [6, 6.07) is 1.91. The number of aromatic nitrogens is 3. The number of nitrogens with zero attached hydrogens (tertiary/aromatic N) is 4. The van der Waals surface area contributed by atoms with Crippen molar-refractivity contribution in [1.82, 2.24) is 14.6 Å².